The third kappa shape index (κ3) is 5.57. The van der Waals surface area contributed by atoms with Crippen molar-refractivity contribution in [2.75, 3.05) is 7.05 Å². The fraction of sp³-hybridized carbons (Fsp3) is 0.130. The number of halogens is 1. The number of hydrogen-bond acceptors (Lipinski definition) is 4. The van der Waals surface area contributed by atoms with Crippen LogP contribution in [0.4, 0.5) is 4.39 Å². The second-order valence-corrected chi connectivity index (χ2v) is 9.23. The summed E-state index contributed by atoms with van der Waals surface area (Å²) in [5.41, 5.74) is 6.67. The monoisotopic (exact) mass is 455 g/mol. The van der Waals surface area contributed by atoms with E-state index in [-0.39, 0.29) is 22.6 Å². The summed E-state index contributed by atoms with van der Waals surface area (Å²) in [6, 6.07) is 17.8. The van der Waals surface area contributed by atoms with Crippen molar-refractivity contribution < 1.29 is 22.4 Å². The van der Waals surface area contributed by atoms with Gasteiger partial charge in [-0.25, -0.2) is 12.8 Å². The van der Waals surface area contributed by atoms with E-state index in [4.69, 9.17) is 0 Å². The standard InChI is InChI=1S/C23H22FN3O4S/c1-16-3-13-21(14-4-16)32(30,31)27(2)15-17-5-7-18(8-6-17)22(28)25-26-23(29)19-9-11-20(24)12-10-19/h3-14H,15H2,1-2H3,(H,25,28)(H,26,29). The van der Waals surface area contributed by atoms with Gasteiger partial charge in [0.1, 0.15) is 5.82 Å². The molecule has 0 aliphatic rings. The topological polar surface area (TPSA) is 95.6 Å². The Morgan fingerprint density at radius 3 is 1.78 bits per heavy atom. The summed E-state index contributed by atoms with van der Waals surface area (Å²) in [7, 11) is -2.16. The highest BCUT2D eigenvalue weighted by Gasteiger charge is 2.20. The van der Waals surface area contributed by atoms with Crippen molar-refractivity contribution in [1.29, 1.82) is 0 Å². The lowest BCUT2D eigenvalue weighted by molar-refractivity contribution is 0.0846. The molecule has 3 aromatic carbocycles. The minimum atomic E-state index is -3.64. The first-order chi connectivity index (χ1) is 15.2. The number of hydrogen-bond donors (Lipinski definition) is 2. The van der Waals surface area contributed by atoms with Gasteiger partial charge in [0.15, 0.2) is 0 Å². The summed E-state index contributed by atoms with van der Waals surface area (Å²) in [6.45, 7) is 2.01. The molecule has 0 heterocycles. The van der Waals surface area contributed by atoms with E-state index in [1.54, 1.807) is 36.4 Å². The van der Waals surface area contributed by atoms with E-state index in [0.717, 1.165) is 17.7 Å². The third-order valence-electron chi connectivity index (χ3n) is 4.75. The van der Waals surface area contributed by atoms with Gasteiger partial charge in [0.25, 0.3) is 11.8 Å². The van der Waals surface area contributed by atoms with Crippen LogP contribution in [-0.2, 0) is 16.6 Å². The molecule has 166 valence electrons. The molecule has 0 bridgehead atoms. The molecule has 32 heavy (non-hydrogen) atoms. The number of sulfonamides is 1. The maximum Gasteiger partial charge on any atom is 0.269 e. The zero-order valence-electron chi connectivity index (χ0n) is 17.5. The van der Waals surface area contributed by atoms with Crippen LogP contribution in [0.15, 0.2) is 77.7 Å². The molecule has 0 spiro atoms. The van der Waals surface area contributed by atoms with Gasteiger partial charge in [-0.05, 0) is 61.0 Å². The number of carbonyl (C=O) groups is 2. The van der Waals surface area contributed by atoms with Crippen LogP contribution < -0.4 is 10.9 Å². The highest BCUT2D eigenvalue weighted by atomic mass is 32.2. The number of nitrogens with zero attached hydrogens (tertiary/aromatic N) is 1. The molecular formula is C23H22FN3O4S. The lowest BCUT2D eigenvalue weighted by atomic mass is 10.1. The lowest BCUT2D eigenvalue weighted by Crippen LogP contribution is -2.41. The Hall–Kier alpha value is -3.56. The van der Waals surface area contributed by atoms with E-state index < -0.39 is 27.7 Å². The summed E-state index contributed by atoms with van der Waals surface area (Å²) in [6.07, 6.45) is 0. The summed E-state index contributed by atoms with van der Waals surface area (Å²) < 4.78 is 39.6. The van der Waals surface area contributed by atoms with Crippen molar-refractivity contribution in [2.45, 2.75) is 18.4 Å². The summed E-state index contributed by atoms with van der Waals surface area (Å²) in [5, 5.41) is 0. The van der Waals surface area contributed by atoms with Crippen molar-refractivity contribution in [1.82, 2.24) is 15.2 Å². The Morgan fingerprint density at radius 1 is 0.812 bits per heavy atom. The highest BCUT2D eigenvalue weighted by molar-refractivity contribution is 7.89. The van der Waals surface area contributed by atoms with Gasteiger partial charge in [-0.15, -0.1) is 0 Å². The SMILES string of the molecule is Cc1ccc(S(=O)(=O)N(C)Cc2ccc(C(=O)NNC(=O)c3ccc(F)cc3)cc2)cc1. The van der Waals surface area contributed by atoms with E-state index in [1.165, 1.54) is 35.6 Å². The van der Waals surface area contributed by atoms with Crippen LogP contribution >= 0.6 is 0 Å². The fourth-order valence-corrected chi connectivity index (χ4v) is 4.01. The molecule has 0 saturated carbocycles. The molecule has 0 radical (unpaired) electrons. The van der Waals surface area contributed by atoms with Crippen molar-refractivity contribution in [3.8, 4) is 0 Å². The molecule has 0 saturated heterocycles. The highest BCUT2D eigenvalue weighted by Crippen LogP contribution is 2.17. The molecule has 0 aromatic heterocycles. The van der Waals surface area contributed by atoms with Gasteiger partial charge >= 0.3 is 0 Å². The lowest BCUT2D eigenvalue weighted by Gasteiger charge is -2.17. The first-order valence-electron chi connectivity index (χ1n) is 9.65. The van der Waals surface area contributed by atoms with E-state index in [0.29, 0.717) is 5.56 Å². The second-order valence-electron chi connectivity index (χ2n) is 7.19. The van der Waals surface area contributed by atoms with Gasteiger partial charge in [0, 0.05) is 24.7 Å². The normalized spacial score (nSPS) is 11.2. The molecular weight excluding hydrogens is 433 g/mol. The number of aryl methyl sites for hydroxylation is 1. The molecule has 2 N–H and O–H groups in total. The summed E-state index contributed by atoms with van der Waals surface area (Å²) in [4.78, 5) is 24.4. The van der Waals surface area contributed by atoms with Crippen LogP contribution in [0.1, 0.15) is 31.8 Å². The fourth-order valence-electron chi connectivity index (χ4n) is 2.85. The maximum absolute atomic E-state index is 12.9. The van der Waals surface area contributed by atoms with E-state index in [9.17, 15) is 22.4 Å². The Morgan fingerprint density at radius 2 is 1.28 bits per heavy atom. The van der Waals surface area contributed by atoms with Crippen molar-refractivity contribution in [3.63, 3.8) is 0 Å². The third-order valence-corrected chi connectivity index (χ3v) is 6.56. The Bertz CT molecular complexity index is 1210. The molecule has 0 unspecified atom stereocenters. The molecule has 7 nitrogen and oxygen atoms in total. The molecule has 0 aliphatic heterocycles. The number of hydrazine groups is 1. The van der Waals surface area contributed by atoms with Gasteiger partial charge in [-0.1, -0.05) is 29.8 Å². The first kappa shape index (κ1) is 23.1. The molecule has 0 atom stereocenters. The van der Waals surface area contributed by atoms with Crippen molar-refractivity contribution in [3.05, 3.63) is 101 Å². The number of nitrogens with one attached hydrogen (secondary N) is 2. The van der Waals surface area contributed by atoms with Crippen LogP contribution in [-0.4, -0.2) is 31.6 Å². The molecule has 3 rings (SSSR count). The summed E-state index contributed by atoms with van der Waals surface area (Å²) >= 11 is 0. The zero-order valence-corrected chi connectivity index (χ0v) is 18.3. The second kappa shape index (κ2) is 9.71. The predicted molar refractivity (Wildman–Crippen MR) is 118 cm³/mol. The Labute approximate surface area is 185 Å². The van der Waals surface area contributed by atoms with Crippen molar-refractivity contribution in [2.24, 2.45) is 0 Å². The summed E-state index contributed by atoms with van der Waals surface area (Å²) in [5.74, 6) is -1.60. The molecule has 0 aliphatic carbocycles. The van der Waals surface area contributed by atoms with E-state index in [1.807, 2.05) is 6.92 Å². The van der Waals surface area contributed by atoms with E-state index >= 15 is 0 Å². The minimum Gasteiger partial charge on any atom is -0.267 e. The Balaban J connectivity index is 1.59. The number of carbonyl (C=O) groups excluding carboxylic acids is 2. The molecule has 2 amide bonds. The van der Waals surface area contributed by atoms with Crippen LogP contribution in [0.2, 0.25) is 0 Å². The van der Waals surface area contributed by atoms with Crippen LogP contribution in [0.3, 0.4) is 0 Å². The van der Waals surface area contributed by atoms with E-state index in [2.05, 4.69) is 10.9 Å². The number of rotatable bonds is 6. The molecule has 0 fully saturated rings. The van der Waals surface area contributed by atoms with Gasteiger partial charge in [0.2, 0.25) is 10.0 Å². The molecule has 3 aromatic rings. The Kier molecular flexibility index (Phi) is 7.01. The van der Waals surface area contributed by atoms with Crippen LogP contribution in [0, 0.1) is 12.7 Å². The first-order valence-corrected chi connectivity index (χ1v) is 11.1. The number of benzene rings is 3. The predicted octanol–water partition coefficient (Wildman–Crippen LogP) is 3.03. The largest absolute Gasteiger partial charge is 0.269 e. The van der Waals surface area contributed by atoms with Crippen LogP contribution in [0.25, 0.3) is 0 Å². The molecule has 9 heteroatoms. The van der Waals surface area contributed by atoms with Gasteiger partial charge < -0.3 is 0 Å². The quantitative estimate of drug-likeness (QED) is 0.559. The zero-order chi connectivity index (χ0) is 23.3. The van der Waals surface area contributed by atoms with Crippen LogP contribution in [0.5, 0.6) is 0 Å². The van der Waals surface area contributed by atoms with Gasteiger partial charge in [0.05, 0.1) is 4.90 Å². The van der Waals surface area contributed by atoms with Crippen molar-refractivity contribution >= 4 is 21.8 Å². The number of amides is 2. The average molecular weight is 456 g/mol. The van der Waals surface area contributed by atoms with Gasteiger partial charge in [-0.3, -0.25) is 20.4 Å². The van der Waals surface area contributed by atoms with Gasteiger partial charge in [-0.2, -0.15) is 4.31 Å². The minimum absolute atomic E-state index is 0.124. The smallest absolute Gasteiger partial charge is 0.267 e. The maximum atomic E-state index is 12.9. The average Bonchev–Trinajstić information content (AvgIpc) is 2.78.